The van der Waals surface area contributed by atoms with Crippen LogP contribution < -0.4 is 5.32 Å². The van der Waals surface area contributed by atoms with E-state index in [1.807, 2.05) is 12.1 Å². The number of carbonyl (C=O) groups excluding carboxylic acids is 1. The number of amides is 1. The molecule has 0 aliphatic rings. The van der Waals surface area contributed by atoms with Crippen LogP contribution in [0.15, 0.2) is 41.4 Å². The number of halogens is 1. The first-order valence-corrected chi connectivity index (χ1v) is 6.69. The van der Waals surface area contributed by atoms with Crippen LogP contribution in [0.2, 0.25) is 0 Å². The predicted octanol–water partition coefficient (Wildman–Crippen LogP) is 3.05. The number of allylic oxidation sites excluding steroid dienone is 1. The van der Waals surface area contributed by atoms with Crippen LogP contribution in [-0.2, 0) is 9.59 Å². The maximum absolute atomic E-state index is 11.7. The minimum absolute atomic E-state index is 0.137. The molecule has 0 radical (unpaired) electrons. The Bertz CT molecular complexity index is 456. The fraction of sp³-hybridized carbons (Fsp3) is 0.286. The summed E-state index contributed by atoms with van der Waals surface area (Å²) in [5.74, 6) is -1.12. The predicted molar refractivity (Wildman–Crippen MR) is 76.7 cm³/mol. The Kier molecular flexibility index (Phi) is 6.29. The Morgan fingerprint density at radius 2 is 2.00 bits per heavy atom. The Labute approximate surface area is 120 Å². The third kappa shape index (κ3) is 5.70. The molecular weight excluding hydrogens is 310 g/mol. The Morgan fingerprint density at radius 1 is 1.37 bits per heavy atom. The molecule has 5 heteroatoms. The quantitative estimate of drug-likeness (QED) is 0.757. The van der Waals surface area contributed by atoms with E-state index in [4.69, 9.17) is 5.11 Å². The molecular formula is C14H16BrNO3. The van der Waals surface area contributed by atoms with Gasteiger partial charge >= 0.3 is 5.97 Å². The standard InChI is InChI=1S/C14H16BrNO3/c1-2-3-4-13(17)16-12(9-14(18)19)10-5-7-11(15)8-6-10/h2,5-8,12H,1,3-4,9H2,(H,16,17)(H,18,19)/t12-/m1/s1. The van der Waals surface area contributed by atoms with Crippen molar-refractivity contribution >= 4 is 27.8 Å². The van der Waals surface area contributed by atoms with Crippen molar-refractivity contribution in [3.05, 3.63) is 47.0 Å². The normalized spacial score (nSPS) is 11.6. The van der Waals surface area contributed by atoms with E-state index in [9.17, 15) is 9.59 Å². The highest BCUT2D eigenvalue weighted by atomic mass is 79.9. The van der Waals surface area contributed by atoms with E-state index in [1.54, 1.807) is 18.2 Å². The molecule has 19 heavy (non-hydrogen) atoms. The van der Waals surface area contributed by atoms with Gasteiger partial charge in [-0.2, -0.15) is 0 Å². The minimum Gasteiger partial charge on any atom is -0.481 e. The Hall–Kier alpha value is -1.62. The van der Waals surface area contributed by atoms with Crippen LogP contribution in [0, 0.1) is 0 Å². The van der Waals surface area contributed by atoms with Crippen LogP contribution in [0.4, 0.5) is 0 Å². The summed E-state index contributed by atoms with van der Waals surface area (Å²) >= 11 is 3.32. The van der Waals surface area contributed by atoms with Crippen molar-refractivity contribution in [1.82, 2.24) is 5.32 Å². The molecule has 1 atom stereocenters. The van der Waals surface area contributed by atoms with E-state index in [0.29, 0.717) is 12.8 Å². The molecule has 0 bridgehead atoms. The van der Waals surface area contributed by atoms with Gasteiger partial charge in [-0.3, -0.25) is 9.59 Å². The number of benzene rings is 1. The molecule has 0 saturated heterocycles. The molecule has 2 N–H and O–H groups in total. The topological polar surface area (TPSA) is 66.4 Å². The van der Waals surface area contributed by atoms with Crippen molar-refractivity contribution in [2.24, 2.45) is 0 Å². The van der Waals surface area contributed by atoms with Gasteiger partial charge in [0, 0.05) is 10.9 Å². The zero-order chi connectivity index (χ0) is 14.3. The summed E-state index contributed by atoms with van der Waals surface area (Å²) in [5.41, 5.74) is 0.776. The van der Waals surface area contributed by atoms with Crippen LogP contribution in [0.3, 0.4) is 0 Å². The van der Waals surface area contributed by atoms with Crippen molar-refractivity contribution in [1.29, 1.82) is 0 Å². The first kappa shape index (κ1) is 15.4. The van der Waals surface area contributed by atoms with Gasteiger partial charge in [0.25, 0.3) is 0 Å². The molecule has 1 aromatic carbocycles. The van der Waals surface area contributed by atoms with E-state index in [1.165, 1.54) is 0 Å². The average molecular weight is 326 g/mol. The molecule has 0 spiro atoms. The number of rotatable bonds is 7. The molecule has 0 aliphatic carbocycles. The van der Waals surface area contributed by atoms with Crippen molar-refractivity contribution in [2.45, 2.75) is 25.3 Å². The summed E-state index contributed by atoms with van der Waals surface area (Å²) in [4.78, 5) is 22.5. The second-order valence-electron chi connectivity index (χ2n) is 4.10. The number of hydrogen-bond acceptors (Lipinski definition) is 2. The van der Waals surface area contributed by atoms with Gasteiger partial charge < -0.3 is 10.4 Å². The SMILES string of the molecule is C=CCCC(=O)N[C@H](CC(=O)O)c1ccc(Br)cc1. The van der Waals surface area contributed by atoms with Gasteiger partial charge in [0.15, 0.2) is 0 Å². The van der Waals surface area contributed by atoms with Crippen LogP contribution in [0.1, 0.15) is 30.9 Å². The summed E-state index contributed by atoms with van der Waals surface area (Å²) in [5, 5.41) is 11.6. The third-order valence-electron chi connectivity index (χ3n) is 2.56. The van der Waals surface area contributed by atoms with Gasteiger partial charge in [-0.1, -0.05) is 34.1 Å². The van der Waals surface area contributed by atoms with Crippen LogP contribution in [-0.4, -0.2) is 17.0 Å². The third-order valence-corrected chi connectivity index (χ3v) is 3.09. The molecule has 0 aromatic heterocycles. The zero-order valence-electron chi connectivity index (χ0n) is 10.4. The first-order valence-electron chi connectivity index (χ1n) is 5.90. The van der Waals surface area contributed by atoms with Gasteiger partial charge in [0.2, 0.25) is 5.91 Å². The molecule has 1 amide bonds. The first-order chi connectivity index (χ1) is 9.02. The lowest BCUT2D eigenvalue weighted by Gasteiger charge is -2.17. The number of carboxylic acid groups (broad SMARTS) is 1. The molecule has 1 aromatic rings. The Morgan fingerprint density at radius 3 is 2.53 bits per heavy atom. The molecule has 0 fully saturated rings. The van der Waals surface area contributed by atoms with Crippen molar-refractivity contribution in [2.75, 3.05) is 0 Å². The Balaban J connectivity index is 2.76. The average Bonchev–Trinajstić information content (AvgIpc) is 2.36. The fourth-order valence-corrected chi connectivity index (χ4v) is 1.89. The highest BCUT2D eigenvalue weighted by molar-refractivity contribution is 9.10. The largest absolute Gasteiger partial charge is 0.481 e. The lowest BCUT2D eigenvalue weighted by Crippen LogP contribution is -2.29. The number of hydrogen-bond donors (Lipinski definition) is 2. The molecule has 0 saturated carbocycles. The van der Waals surface area contributed by atoms with Crippen LogP contribution >= 0.6 is 15.9 Å². The van der Waals surface area contributed by atoms with Gasteiger partial charge in [-0.25, -0.2) is 0 Å². The maximum Gasteiger partial charge on any atom is 0.305 e. The molecule has 0 unspecified atom stereocenters. The minimum atomic E-state index is -0.947. The fourth-order valence-electron chi connectivity index (χ4n) is 1.62. The zero-order valence-corrected chi connectivity index (χ0v) is 12.0. The lowest BCUT2D eigenvalue weighted by atomic mass is 10.0. The summed E-state index contributed by atoms with van der Waals surface area (Å²) in [6.45, 7) is 3.55. The van der Waals surface area contributed by atoms with Gasteiger partial charge in [0.1, 0.15) is 0 Å². The van der Waals surface area contributed by atoms with Gasteiger partial charge in [-0.15, -0.1) is 6.58 Å². The molecule has 4 nitrogen and oxygen atoms in total. The van der Waals surface area contributed by atoms with E-state index >= 15 is 0 Å². The lowest BCUT2D eigenvalue weighted by molar-refractivity contribution is -0.137. The highest BCUT2D eigenvalue weighted by Gasteiger charge is 2.17. The van der Waals surface area contributed by atoms with Crippen LogP contribution in [0.25, 0.3) is 0 Å². The van der Waals surface area contributed by atoms with Gasteiger partial charge in [-0.05, 0) is 24.1 Å². The number of carbonyl (C=O) groups is 2. The van der Waals surface area contributed by atoms with E-state index in [-0.39, 0.29) is 12.3 Å². The highest BCUT2D eigenvalue weighted by Crippen LogP contribution is 2.20. The molecule has 1 rings (SSSR count). The van der Waals surface area contributed by atoms with E-state index in [2.05, 4.69) is 27.8 Å². The second-order valence-corrected chi connectivity index (χ2v) is 5.01. The molecule has 0 heterocycles. The number of carboxylic acids is 1. The summed E-state index contributed by atoms with van der Waals surface area (Å²) in [6.07, 6.45) is 2.41. The summed E-state index contributed by atoms with van der Waals surface area (Å²) in [6, 6.07) is 6.72. The number of aliphatic carboxylic acids is 1. The van der Waals surface area contributed by atoms with Crippen molar-refractivity contribution < 1.29 is 14.7 Å². The van der Waals surface area contributed by atoms with Crippen molar-refractivity contribution in [3.8, 4) is 0 Å². The maximum atomic E-state index is 11.7. The van der Waals surface area contributed by atoms with E-state index < -0.39 is 12.0 Å². The molecule has 102 valence electrons. The number of nitrogens with one attached hydrogen (secondary N) is 1. The van der Waals surface area contributed by atoms with Crippen molar-refractivity contribution in [3.63, 3.8) is 0 Å². The monoisotopic (exact) mass is 325 g/mol. The summed E-state index contributed by atoms with van der Waals surface area (Å²) < 4.78 is 0.906. The van der Waals surface area contributed by atoms with Crippen LogP contribution in [0.5, 0.6) is 0 Å². The second kappa shape index (κ2) is 7.74. The molecule has 0 aliphatic heterocycles. The summed E-state index contributed by atoms with van der Waals surface area (Å²) in [7, 11) is 0. The van der Waals surface area contributed by atoms with E-state index in [0.717, 1.165) is 10.0 Å². The van der Waals surface area contributed by atoms with Gasteiger partial charge in [0.05, 0.1) is 12.5 Å². The smallest absolute Gasteiger partial charge is 0.305 e.